The fraction of sp³-hybridized carbons (Fsp3) is 0.357. The van der Waals surface area contributed by atoms with Gasteiger partial charge in [-0.15, -0.1) is 0 Å². The lowest BCUT2D eigenvalue weighted by Gasteiger charge is -2.25. The van der Waals surface area contributed by atoms with Gasteiger partial charge in [-0.05, 0) is 36.5 Å². The second-order valence-corrected chi connectivity index (χ2v) is 4.98. The summed E-state index contributed by atoms with van der Waals surface area (Å²) in [6, 6.07) is 3.03. The first-order chi connectivity index (χ1) is 8.24. The molecule has 0 heterocycles. The molecule has 0 unspecified atom stereocenters. The van der Waals surface area contributed by atoms with Crippen molar-refractivity contribution < 1.29 is 20.1 Å². The molecule has 0 aliphatic heterocycles. The molecular weight excluding hydrogens is 232 g/mol. The van der Waals surface area contributed by atoms with E-state index >= 15 is 0 Å². The summed E-state index contributed by atoms with van der Waals surface area (Å²) in [7, 11) is 0. The van der Waals surface area contributed by atoms with Gasteiger partial charge in [-0.2, -0.15) is 0 Å². The number of hydrogen-bond acceptors (Lipinski definition) is 3. The molecule has 0 saturated carbocycles. The van der Waals surface area contributed by atoms with E-state index in [1.54, 1.807) is 13.0 Å². The van der Waals surface area contributed by atoms with Crippen LogP contribution in [0.1, 0.15) is 31.4 Å². The van der Waals surface area contributed by atoms with Crippen LogP contribution in [0, 0.1) is 6.92 Å². The Labute approximate surface area is 106 Å². The van der Waals surface area contributed by atoms with Gasteiger partial charge in [0.05, 0.1) is 0 Å². The van der Waals surface area contributed by atoms with Crippen LogP contribution in [0.15, 0.2) is 24.3 Å². The fourth-order valence-electron chi connectivity index (χ4n) is 1.79. The Hall–Kier alpha value is -1.97. The normalized spacial score (nSPS) is 11.9. The highest BCUT2D eigenvalue weighted by Gasteiger charge is 2.23. The van der Waals surface area contributed by atoms with Crippen LogP contribution in [0.4, 0.5) is 0 Å². The molecule has 0 fully saturated rings. The highest BCUT2D eigenvalue weighted by Crippen LogP contribution is 2.37. The fourth-order valence-corrected chi connectivity index (χ4v) is 1.79. The first-order valence-corrected chi connectivity index (χ1v) is 5.66. The number of carboxylic acids is 1. The number of phenolic OH excluding ortho intramolecular Hbond substituents is 2. The van der Waals surface area contributed by atoms with Gasteiger partial charge in [0.2, 0.25) is 0 Å². The summed E-state index contributed by atoms with van der Waals surface area (Å²) in [6.45, 7) is 5.46. The molecule has 0 spiro atoms. The third-order valence-electron chi connectivity index (χ3n) is 2.93. The molecule has 1 aromatic carbocycles. The SMILES string of the molecule is Cc1cc(O)c(C(C)(C)CC=CC(=O)O)cc1O. The molecule has 1 aromatic rings. The van der Waals surface area contributed by atoms with Gasteiger partial charge < -0.3 is 15.3 Å². The van der Waals surface area contributed by atoms with Crippen molar-refractivity contribution in [3.8, 4) is 11.5 Å². The Morgan fingerprint density at radius 3 is 2.44 bits per heavy atom. The number of hydrogen-bond donors (Lipinski definition) is 3. The lowest BCUT2D eigenvalue weighted by molar-refractivity contribution is -0.131. The van der Waals surface area contributed by atoms with Gasteiger partial charge in [-0.1, -0.05) is 19.9 Å². The highest BCUT2D eigenvalue weighted by atomic mass is 16.4. The Morgan fingerprint density at radius 1 is 1.28 bits per heavy atom. The van der Waals surface area contributed by atoms with Crippen LogP contribution < -0.4 is 0 Å². The van der Waals surface area contributed by atoms with Crippen molar-refractivity contribution >= 4 is 5.97 Å². The van der Waals surface area contributed by atoms with E-state index in [0.29, 0.717) is 17.5 Å². The second-order valence-electron chi connectivity index (χ2n) is 4.98. The summed E-state index contributed by atoms with van der Waals surface area (Å²) < 4.78 is 0. The average molecular weight is 250 g/mol. The number of aliphatic carboxylic acids is 1. The van der Waals surface area contributed by atoms with Crippen LogP contribution in [0.3, 0.4) is 0 Å². The maximum absolute atomic E-state index is 10.4. The number of benzene rings is 1. The van der Waals surface area contributed by atoms with Gasteiger partial charge in [-0.3, -0.25) is 0 Å². The minimum Gasteiger partial charge on any atom is -0.508 e. The van der Waals surface area contributed by atoms with E-state index < -0.39 is 11.4 Å². The zero-order valence-corrected chi connectivity index (χ0v) is 10.8. The molecule has 18 heavy (non-hydrogen) atoms. The van der Waals surface area contributed by atoms with Crippen molar-refractivity contribution in [1.82, 2.24) is 0 Å². The van der Waals surface area contributed by atoms with Crippen molar-refractivity contribution in [2.75, 3.05) is 0 Å². The monoisotopic (exact) mass is 250 g/mol. The van der Waals surface area contributed by atoms with E-state index in [-0.39, 0.29) is 11.5 Å². The smallest absolute Gasteiger partial charge is 0.327 e. The maximum Gasteiger partial charge on any atom is 0.327 e. The van der Waals surface area contributed by atoms with Crippen molar-refractivity contribution in [1.29, 1.82) is 0 Å². The summed E-state index contributed by atoms with van der Waals surface area (Å²) in [5.74, 6) is -0.765. The van der Waals surface area contributed by atoms with Crippen LogP contribution in [-0.4, -0.2) is 21.3 Å². The molecular formula is C14H18O4. The molecule has 0 aliphatic carbocycles. The minimum atomic E-state index is -0.998. The Balaban J connectivity index is 3.04. The quantitative estimate of drug-likeness (QED) is 0.567. The van der Waals surface area contributed by atoms with E-state index in [4.69, 9.17) is 5.11 Å². The molecule has 0 aromatic heterocycles. The van der Waals surface area contributed by atoms with Gasteiger partial charge in [0.25, 0.3) is 0 Å². The Kier molecular flexibility index (Phi) is 4.01. The number of aryl methyl sites for hydroxylation is 1. The van der Waals surface area contributed by atoms with Gasteiger partial charge >= 0.3 is 5.97 Å². The summed E-state index contributed by atoms with van der Waals surface area (Å²) in [5.41, 5.74) is 0.745. The summed E-state index contributed by atoms with van der Waals surface area (Å²) in [6.07, 6.45) is 3.07. The molecule has 0 bridgehead atoms. The van der Waals surface area contributed by atoms with Gasteiger partial charge in [-0.25, -0.2) is 4.79 Å². The first kappa shape index (κ1) is 14.1. The van der Waals surface area contributed by atoms with E-state index in [0.717, 1.165) is 6.08 Å². The summed E-state index contributed by atoms with van der Waals surface area (Å²) in [4.78, 5) is 10.4. The van der Waals surface area contributed by atoms with Gasteiger partial charge in [0, 0.05) is 11.6 Å². The number of aromatic hydroxyl groups is 2. The lowest BCUT2D eigenvalue weighted by Crippen LogP contribution is -2.16. The van der Waals surface area contributed by atoms with E-state index in [1.807, 2.05) is 13.8 Å². The Morgan fingerprint density at radius 2 is 1.89 bits per heavy atom. The minimum absolute atomic E-state index is 0.110. The van der Waals surface area contributed by atoms with E-state index in [1.165, 1.54) is 12.1 Å². The van der Waals surface area contributed by atoms with Gasteiger partial charge in [0.1, 0.15) is 11.5 Å². The van der Waals surface area contributed by atoms with Gasteiger partial charge in [0.15, 0.2) is 0 Å². The molecule has 4 nitrogen and oxygen atoms in total. The molecule has 1 rings (SSSR count). The number of carbonyl (C=O) groups is 1. The zero-order chi connectivity index (χ0) is 13.9. The summed E-state index contributed by atoms with van der Waals surface area (Å²) in [5, 5.41) is 28.1. The topological polar surface area (TPSA) is 77.8 Å². The molecule has 0 atom stereocenters. The molecule has 0 saturated heterocycles. The third kappa shape index (κ3) is 3.26. The first-order valence-electron chi connectivity index (χ1n) is 5.66. The molecule has 3 N–H and O–H groups in total. The van der Waals surface area contributed by atoms with Crippen LogP contribution in [-0.2, 0) is 10.2 Å². The molecule has 4 heteroatoms. The summed E-state index contributed by atoms with van der Waals surface area (Å²) >= 11 is 0. The number of rotatable bonds is 4. The predicted molar refractivity (Wildman–Crippen MR) is 68.9 cm³/mol. The predicted octanol–water partition coefficient (Wildman–Crippen LogP) is 2.71. The molecule has 0 aliphatic rings. The number of phenols is 2. The Bertz CT molecular complexity index is 487. The highest BCUT2D eigenvalue weighted by molar-refractivity contribution is 5.79. The van der Waals surface area contributed by atoms with E-state index in [9.17, 15) is 15.0 Å². The van der Waals surface area contributed by atoms with Crippen molar-refractivity contribution in [2.24, 2.45) is 0 Å². The van der Waals surface area contributed by atoms with Crippen molar-refractivity contribution in [2.45, 2.75) is 32.6 Å². The van der Waals surface area contributed by atoms with Crippen LogP contribution >= 0.6 is 0 Å². The maximum atomic E-state index is 10.4. The van der Waals surface area contributed by atoms with Crippen molar-refractivity contribution in [3.05, 3.63) is 35.4 Å². The van der Waals surface area contributed by atoms with Crippen LogP contribution in [0.25, 0.3) is 0 Å². The number of carboxylic acid groups (broad SMARTS) is 1. The standard InChI is InChI=1S/C14H18O4/c1-9-7-12(16)10(8-11(9)15)14(2,3)6-4-5-13(17)18/h4-5,7-8,15-16H,6H2,1-3H3,(H,17,18). The molecule has 98 valence electrons. The second kappa shape index (κ2) is 5.12. The number of allylic oxidation sites excluding steroid dienone is 1. The molecule has 0 amide bonds. The third-order valence-corrected chi connectivity index (χ3v) is 2.93. The molecule has 0 radical (unpaired) electrons. The average Bonchev–Trinajstić information content (AvgIpc) is 2.22. The zero-order valence-electron chi connectivity index (χ0n) is 10.8. The van der Waals surface area contributed by atoms with Crippen LogP contribution in [0.2, 0.25) is 0 Å². The largest absolute Gasteiger partial charge is 0.508 e. The van der Waals surface area contributed by atoms with Crippen molar-refractivity contribution in [3.63, 3.8) is 0 Å². The van der Waals surface area contributed by atoms with E-state index in [2.05, 4.69) is 0 Å². The lowest BCUT2D eigenvalue weighted by atomic mass is 9.80. The van der Waals surface area contributed by atoms with Crippen LogP contribution in [0.5, 0.6) is 11.5 Å².